The number of nitrogens with one attached hydrogen (secondary N) is 1. The second kappa shape index (κ2) is 8.93. The molecule has 0 aromatic carbocycles. The molecule has 171 valence electrons. The molecule has 2 aliphatic rings. The van der Waals surface area contributed by atoms with Crippen LogP contribution in [0.3, 0.4) is 0 Å². The Morgan fingerprint density at radius 2 is 2.15 bits per heavy atom. The van der Waals surface area contributed by atoms with Crippen LogP contribution in [0, 0.1) is 26.7 Å². The highest BCUT2D eigenvalue weighted by atomic mass is 32.1. The van der Waals surface area contributed by atoms with Gasteiger partial charge in [0.1, 0.15) is 18.2 Å². The van der Waals surface area contributed by atoms with Crippen molar-refractivity contribution in [3.63, 3.8) is 0 Å². The van der Waals surface area contributed by atoms with E-state index >= 15 is 0 Å². The lowest BCUT2D eigenvalue weighted by molar-refractivity contribution is 0.0662. The first-order chi connectivity index (χ1) is 15.9. The van der Waals surface area contributed by atoms with Gasteiger partial charge in [0.2, 0.25) is 5.78 Å². The summed E-state index contributed by atoms with van der Waals surface area (Å²) in [4.78, 5) is 28.3. The maximum absolute atomic E-state index is 13.5. The standard InChI is InChI=1S/C25H27N4O3S/c1-13-8-17(9-20(13)30)29-25-19(11-26-12-27-25)23(31)21-10-18(15(3)33-21)24-22-16(6-7-32-24)5-4-14(2)28-22/h4-5,10-13,17,20,24,30H,1,6-9H2,2-3H3,(H,26,27,29)/t13-,17-,20+,24+/m1/s1. The lowest BCUT2D eigenvalue weighted by Gasteiger charge is -2.25. The van der Waals surface area contributed by atoms with E-state index in [0.717, 1.165) is 34.7 Å². The molecule has 0 bridgehead atoms. The van der Waals surface area contributed by atoms with Gasteiger partial charge in [0.05, 0.1) is 28.8 Å². The molecule has 0 saturated heterocycles. The van der Waals surface area contributed by atoms with Gasteiger partial charge in [-0.1, -0.05) is 6.07 Å². The van der Waals surface area contributed by atoms with Crippen molar-refractivity contribution in [3.8, 4) is 0 Å². The Balaban J connectivity index is 1.43. The minimum Gasteiger partial charge on any atom is -0.393 e. The van der Waals surface area contributed by atoms with Gasteiger partial charge >= 0.3 is 0 Å². The van der Waals surface area contributed by atoms with Crippen molar-refractivity contribution in [1.82, 2.24) is 15.0 Å². The van der Waals surface area contributed by atoms with E-state index in [4.69, 9.17) is 9.72 Å². The SMILES string of the molecule is [CH2][C@@H]1C[C@@H](Nc2ncncc2C(=O)c2cc([C@@H]3OCCc4ccc(C)nc43)c(C)s2)C[C@@H]1O. The van der Waals surface area contributed by atoms with Gasteiger partial charge in [0, 0.05) is 28.4 Å². The molecule has 8 heteroatoms. The van der Waals surface area contributed by atoms with Crippen LogP contribution < -0.4 is 5.32 Å². The van der Waals surface area contributed by atoms with Crippen molar-refractivity contribution in [2.45, 2.75) is 51.4 Å². The number of ether oxygens (including phenoxy) is 1. The van der Waals surface area contributed by atoms with Gasteiger partial charge in [-0.3, -0.25) is 9.78 Å². The van der Waals surface area contributed by atoms with E-state index in [1.165, 1.54) is 23.2 Å². The Kier molecular flexibility index (Phi) is 5.99. The largest absolute Gasteiger partial charge is 0.393 e. The zero-order chi connectivity index (χ0) is 23.1. The van der Waals surface area contributed by atoms with Crippen molar-refractivity contribution in [2.24, 2.45) is 5.92 Å². The van der Waals surface area contributed by atoms with Gasteiger partial charge in [-0.05, 0) is 63.6 Å². The van der Waals surface area contributed by atoms with Crippen molar-refractivity contribution < 1.29 is 14.6 Å². The highest BCUT2D eigenvalue weighted by Gasteiger charge is 2.32. The molecule has 0 unspecified atom stereocenters. The van der Waals surface area contributed by atoms with Gasteiger partial charge in [0.15, 0.2) is 0 Å². The minimum atomic E-state index is -0.443. The molecule has 7 nitrogen and oxygen atoms in total. The molecule has 3 aromatic rings. The summed E-state index contributed by atoms with van der Waals surface area (Å²) in [5, 5.41) is 13.4. The molecule has 2 N–H and O–H groups in total. The molecule has 3 aromatic heterocycles. The summed E-state index contributed by atoms with van der Waals surface area (Å²) in [7, 11) is 0. The maximum atomic E-state index is 13.5. The van der Waals surface area contributed by atoms with Crippen LogP contribution in [0.5, 0.6) is 0 Å². The second-order valence-corrected chi connectivity index (χ2v) is 10.1. The number of fused-ring (bicyclic) bond motifs is 1. The number of thiophene rings is 1. The molecule has 5 rings (SSSR count). The van der Waals surface area contributed by atoms with Gasteiger partial charge in [-0.25, -0.2) is 9.97 Å². The number of pyridine rings is 1. The average Bonchev–Trinajstić information content (AvgIpc) is 3.34. The number of carbonyl (C=O) groups is 1. The summed E-state index contributed by atoms with van der Waals surface area (Å²) in [5.41, 5.74) is 4.49. The molecule has 0 amide bonds. The number of carbonyl (C=O) groups excluding carboxylic acids is 1. The number of rotatable bonds is 5. The first kappa shape index (κ1) is 22.1. The highest BCUT2D eigenvalue weighted by molar-refractivity contribution is 7.14. The molecular weight excluding hydrogens is 436 g/mol. The van der Waals surface area contributed by atoms with E-state index in [9.17, 15) is 9.90 Å². The molecule has 1 saturated carbocycles. The number of aromatic nitrogens is 3. The number of ketones is 1. The van der Waals surface area contributed by atoms with Crippen molar-refractivity contribution in [1.29, 1.82) is 0 Å². The number of hydrogen-bond donors (Lipinski definition) is 2. The van der Waals surface area contributed by atoms with Crippen LogP contribution in [-0.2, 0) is 11.2 Å². The molecule has 33 heavy (non-hydrogen) atoms. The van der Waals surface area contributed by atoms with Crippen LogP contribution in [-0.4, -0.2) is 44.6 Å². The average molecular weight is 464 g/mol. The van der Waals surface area contributed by atoms with E-state index in [0.29, 0.717) is 29.3 Å². The van der Waals surface area contributed by atoms with Gasteiger partial charge in [0.25, 0.3) is 0 Å². The Morgan fingerprint density at radius 3 is 2.94 bits per heavy atom. The van der Waals surface area contributed by atoms with E-state index < -0.39 is 6.10 Å². The Hall–Kier alpha value is -2.68. The van der Waals surface area contributed by atoms with Gasteiger partial charge in [-0.2, -0.15) is 0 Å². The van der Waals surface area contributed by atoms with Gasteiger partial charge in [-0.15, -0.1) is 11.3 Å². The predicted octanol–water partition coefficient (Wildman–Crippen LogP) is 3.83. The fraction of sp³-hybridized carbons (Fsp3) is 0.400. The third-order valence-electron chi connectivity index (χ3n) is 6.47. The first-order valence-corrected chi connectivity index (χ1v) is 12.0. The van der Waals surface area contributed by atoms with E-state index in [1.54, 1.807) is 6.20 Å². The fourth-order valence-corrected chi connectivity index (χ4v) is 5.67. The topological polar surface area (TPSA) is 97.2 Å². The number of anilines is 1. The third-order valence-corrected chi connectivity index (χ3v) is 7.54. The Labute approximate surface area is 197 Å². The maximum Gasteiger partial charge on any atom is 0.208 e. The number of aliphatic hydroxyl groups is 1. The van der Waals surface area contributed by atoms with Crippen molar-refractivity contribution in [2.75, 3.05) is 11.9 Å². The Bertz CT molecular complexity index is 1180. The van der Waals surface area contributed by atoms with Gasteiger partial charge < -0.3 is 15.2 Å². The summed E-state index contributed by atoms with van der Waals surface area (Å²) in [6.45, 7) is 8.61. The van der Waals surface area contributed by atoms with E-state index in [-0.39, 0.29) is 23.8 Å². The zero-order valence-electron chi connectivity index (χ0n) is 18.7. The number of aryl methyl sites for hydroxylation is 2. The normalized spacial score (nSPS) is 24.5. The van der Waals surface area contributed by atoms with E-state index in [2.05, 4.69) is 28.3 Å². The summed E-state index contributed by atoms with van der Waals surface area (Å²) in [6.07, 6.45) is 4.42. The van der Waals surface area contributed by atoms with Crippen LogP contribution in [0.1, 0.15) is 61.6 Å². The monoisotopic (exact) mass is 463 g/mol. The van der Waals surface area contributed by atoms with Crippen LogP contribution >= 0.6 is 11.3 Å². The lowest BCUT2D eigenvalue weighted by atomic mass is 9.97. The summed E-state index contributed by atoms with van der Waals surface area (Å²) < 4.78 is 6.12. The van der Waals surface area contributed by atoms with Crippen LogP contribution in [0.2, 0.25) is 0 Å². The Morgan fingerprint density at radius 1 is 1.30 bits per heavy atom. The van der Waals surface area contributed by atoms with Crippen molar-refractivity contribution >= 4 is 22.9 Å². The van der Waals surface area contributed by atoms with Crippen LogP contribution in [0.15, 0.2) is 30.7 Å². The molecular formula is C25H27N4O3S. The molecule has 1 fully saturated rings. The quantitative estimate of drug-likeness (QED) is 0.555. The van der Waals surface area contributed by atoms with Crippen LogP contribution in [0.4, 0.5) is 5.82 Å². The van der Waals surface area contributed by atoms with Crippen LogP contribution in [0.25, 0.3) is 0 Å². The summed E-state index contributed by atoms with van der Waals surface area (Å²) >= 11 is 1.45. The van der Waals surface area contributed by atoms with Crippen molar-refractivity contribution in [3.05, 3.63) is 75.5 Å². The first-order valence-electron chi connectivity index (χ1n) is 11.2. The molecule has 4 heterocycles. The highest BCUT2D eigenvalue weighted by Crippen LogP contribution is 2.38. The molecule has 1 aliphatic heterocycles. The molecule has 1 radical (unpaired) electrons. The smallest absolute Gasteiger partial charge is 0.208 e. The lowest BCUT2D eigenvalue weighted by Crippen LogP contribution is -2.20. The number of hydrogen-bond acceptors (Lipinski definition) is 8. The van der Waals surface area contributed by atoms with E-state index in [1.807, 2.05) is 26.0 Å². The second-order valence-electron chi connectivity index (χ2n) is 8.87. The molecule has 0 spiro atoms. The summed E-state index contributed by atoms with van der Waals surface area (Å²) in [5.74, 6) is 0.336. The zero-order valence-corrected chi connectivity index (χ0v) is 19.6. The minimum absolute atomic E-state index is 0.0195. The summed E-state index contributed by atoms with van der Waals surface area (Å²) in [6, 6.07) is 6.09. The fourth-order valence-electron chi connectivity index (χ4n) is 4.67. The predicted molar refractivity (Wildman–Crippen MR) is 126 cm³/mol. The molecule has 1 aliphatic carbocycles. The third kappa shape index (κ3) is 4.30. The number of aliphatic hydroxyl groups excluding tert-OH is 1. The number of nitrogens with zero attached hydrogens (tertiary/aromatic N) is 3. The molecule has 4 atom stereocenters.